The standard InChI is InChI=1S/C22H23F3N6O/c1-15(30-10-8-29(2)9-11-30)31(19-5-3-4-17(23)12-19)14-18-7-6-16(13-26-18)21-27-28-22(32-21)20(24)25/h3-7,12-13,20H,1,8-11,14H2,2H3. The van der Waals surface area contributed by atoms with E-state index in [9.17, 15) is 13.2 Å². The average molecular weight is 444 g/mol. The molecule has 0 radical (unpaired) electrons. The summed E-state index contributed by atoms with van der Waals surface area (Å²) < 4.78 is 44.3. The third-order valence-electron chi connectivity index (χ3n) is 5.32. The number of rotatable bonds is 7. The second kappa shape index (κ2) is 9.39. The Labute approximate surface area is 183 Å². The summed E-state index contributed by atoms with van der Waals surface area (Å²) >= 11 is 0. The molecule has 0 aliphatic carbocycles. The Kier molecular flexibility index (Phi) is 6.40. The van der Waals surface area contributed by atoms with Gasteiger partial charge in [-0.1, -0.05) is 12.6 Å². The van der Waals surface area contributed by atoms with Gasteiger partial charge in [0.05, 0.1) is 17.8 Å². The Bertz CT molecular complexity index is 1060. The van der Waals surface area contributed by atoms with Gasteiger partial charge in [0.1, 0.15) is 11.6 Å². The van der Waals surface area contributed by atoms with Crippen molar-refractivity contribution in [3.63, 3.8) is 0 Å². The van der Waals surface area contributed by atoms with E-state index < -0.39 is 12.3 Å². The van der Waals surface area contributed by atoms with Gasteiger partial charge < -0.3 is 19.1 Å². The summed E-state index contributed by atoms with van der Waals surface area (Å²) in [5, 5.41) is 6.97. The van der Waals surface area contributed by atoms with Crippen molar-refractivity contribution in [1.82, 2.24) is 25.0 Å². The Morgan fingerprint density at radius 1 is 1.16 bits per heavy atom. The van der Waals surface area contributed by atoms with Crippen molar-refractivity contribution < 1.29 is 17.6 Å². The number of hydrogen-bond donors (Lipinski definition) is 0. The van der Waals surface area contributed by atoms with Gasteiger partial charge in [0.2, 0.25) is 5.89 Å². The van der Waals surface area contributed by atoms with E-state index >= 15 is 0 Å². The zero-order valence-electron chi connectivity index (χ0n) is 17.6. The van der Waals surface area contributed by atoms with E-state index in [1.807, 2.05) is 11.0 Å². The van der Waals surface area contributed by atoms with Crippen LogP contribution in [0.15, 0.2) is 59.4 Å². The van der Waals surface area contributed by atoms with Gasteiger partial charge in [-0.2, -0.15) is 8.78 Å². The van der Waals surface area contributed by atoms with Crippen LogP contribution < -0.4 is 4.90 Å². The molecule has 0 N–H and O–H groups in total. The van der Waals surface area contributed by atoms with Gasteiger partial charge in [-0.15, -0.1) is 10.2 Å². The number of anilines is 1. The number of benzene rings is 1. The Balaban J connectivity index is 1.55. The van der Waals surface area contributed by atoms with Crippen LogP contribution in [0.25, 0.3) is 11.5 Å². The molecule has 0 bridgehead atoms. The number of nitrogens with zero attached hydrogens (tertiary/aromatic N) is 6. The second-order valence-corrected chi connectivity index (χ2v) is 7.56. The first-order valence-corrected chi connectivity index (χ1v) is 10.1. The largest absolute Gasteiger partial charge is 0.415 e. The van der Waals surface area contributed by atoms with Crippen LogP contribution in [0.1, 0.15) is 18.0 Å². The normalized spacial score (nSPS) is 14.7. The highest BCUT2D eigenvalue weighted by Gasteiger charge is 2.22. The molecule has 1 aliphatic rings. The molecule has 10 heteroatoms. The van der Waals surface area contributed by atoms with Gasteiger partial charge >= 0.3 is 6.43 Å². The summed E-state index contributed by atoms with van der Waals surface area (Å²) in [6.45, 7) is 8.07. The van der Waals surface area contributed by atoms with E-state index in [1.165, 1.54) is 18.3 Å². The van der Waals surface area contributed by atoms with E-state index in [0.29, 0.717) is 23.5 Å². The number of pyridine rings is 1. The van der Waals surface area contributed by atoms with Gasteiger partial charge in [-0.05, 0) is 37.4 Å². The summed E-state index contributed by atoms with van der Waals surface area (Å²) in [5.74, 6) is -0.339. The first kappa shape index (κ1) is 21.8. The zero-order valence-corrected chi connectivity index (χ0v) is 17.6. The van der Waals surface area contributed by atoms with Crippen LogP contribution in [-0.2, 0) is 6.54 Å². The molecule has 2 aromatic heterocycles. The summed E-state index contributed by atoms with van der Waals surface area (Å²) in [5.41, 5.74) is 1.78. The van der Waals surface area contributed by atoms with Crippen molar-refractivity contribution in [2.75, 3.05) is 38.1 Å². The number of alkyl halides is 2. The number of hydrogen-bond acceptors (Lipinski definition) is 7. The Morgan fingerprint density at radius 3 is 2.56 bits per heavy atom. The first-order valence-electron chi connectivity index (χ1n) is 10.1. The molecule has 1 aliphatic heterocycles. The van der Waals surface area contributed by atoms with E-state index in [1.54, 1.807) is 18.2 Å². The molecule has 0 spiro atoms. The van der Waals surface area contributed by atoms with Crippen molar-refractivity contribution in [1.29, 1.82) is 0 Å². The van der Waals surface area contributed by atoms with Crippen molar-refractivity contribution in [2.24, 2.45) is 0 Å². The Hall–Kier alpha value is -3.40. The quantitative estimate of drug-likeness (QED) is 0.547. The lowest BCUT2D eigenvalue weighted by Crippen LogP contribution is -2.47. The summed E-state index contributed by atoms with van der Waals surface area (Å²) in [6, 6.07) is 9.74. The van der Waals surface area contributed by atoms with E-state index in [-0.39, 0.29) is 11.7 Å². The molecule has 0 saturated carbocycles. The maximum Gasteiger partial charge on any atom is 0.314 e. The highest BCUT2D eigenvalue weighted by atomic mass is 19.3. The van der Waals surface area contributed by atoms with Gasteiger partial charge in [0.15, 0.2) is 0 Å². The lowest BCUT2D eigenvalue weighted by Gasteiger charge is -2.39. The van der Waals surface area contributed by atoms with Gasteiger partial charge in [0.25, 0.3) is 5.89 Å². The third-order valence-corrected chi connectivity index (χ3v) is 5.32. The van der Waals surface area contributed by atoms with Crippen molar-refractivity contribution in [3.05, 3.63) is 72.4 Å². The molecule has 1 saturated heterocycles. The fourth-order valence-electron chi connectivity index (χ4n) is 3.46. The fraction of sp³-hybridized carbons (Fsp3) is 0.318. The minimum atomic E-state index is -2.83. The summed E-state index contributed by atoms with van der Waals surface area (Å²) in [7, 11) is 2.07. The number of piperazine rings is 1. The smallest absolute Gasteiger partial charge is 0.314 e. The van der Waals surface area contributed by atoms with Crippen LogP contribution in [-0.4, -0.2) is 58.2 Å². The van der Waals surface area contributed by atoms with Crippen LogP contribution in [0.5, 0.6) is 0 Å². The predicted octanol–water partition coefficient (Wildman–Crippen LogP) is 3.93. The molecule has 0 unspecified atom stereocenters. The van der Waals surface area contributed by atoms with E-state index in [0.717, 1.165) is 32.0 Å². The average Bonchev–Trinajstić information content (AvgIpc) is 3.29. The SMILES string of the molecule is C=C(N1CCN(C)CC1)N(Cc1ccc(-c2nnc(C(F)F)o2)cn1)c1cccc(F)c1. The highest BCUT2D eigenvalue weighted by molar-refractivity contribution is 5.53. The maximum atomic E-state index is 14.0. The zero-order chi connectivity index (χ0) is 22.7. The third kappa shape index (κ3) is 4.91. The second-order valence-electron chi connectivity index (χ2n) is 7.56. The molecule has 4 rings (SSSR count). The lowest BCUT2D eigenvalue weighted by atomic mass is 10.2. The van der Waals surface area contributed by atoms with Crippen LogP contribution in [0.3, 0.4) is 0 Å². The molecule has 0 atom stereocenters. The Morgan fingerprint density at radius 2 is 1.94 bits per heavy atom. The predicted molar refractivity (Wildman–Crippen MR) is 113 cm³/mol. The molecule has 168 valence electrons. The minimum absolute atomic E-state index is 0.0248. The molecule has 3 heterocycles. The summed E-state index contributed by atoms with van der Waals surface area (Å²) in [6.07, 6.45) is -1.34. The number of aromatic nitrogens is 3. The van der Waals surface area contributed by atoms with Gasteiger partial charge in [0, 0.05) is 38.1 Å². The van der Waals surface area contributed by atoms with Crippen LogP contribution >= 0.6 is 0 Å². The molecule has 3 aromatic rings. The van der Waals surface area contributed by atoms with Gasteiger partial charge in [-0.25, -0.2) is 4.39 Å². The number of halogens is 3. The maximum absolute atomic E-state index is 14.0. The van der Waals surface area contributed by atoms with E-state index in [4.69, 9.17) is 4.42 Å². The van der Waals surface area contributed by atoms with Gasteiger partial charge in [-0.3, -0.25) is 4.98 Å². The van der Waals surface area contributed by atoms with Crippen LogP contribution in [0, 0.1) is 5.82 Å². The number of likely N-dealkylation sites (N-methyl/N-ethyl adjacent to an activating group) is 1. The molecular weight excluding hydrogens is 421 g/mol. The molecule has 0 amide bonds. The molecule has 7 nitrogen and oxygen atoms in total. The summed E-state index contributed by atoms with van der Waals surface area (Å²) in [4.78, 5) is 10.7. The van der Waals surface area contributed by atoms with E-state index in [2.05, 4.69) is 38.6 Å². The van der Waals surface area contributed by atoms with Crippen LogP contribution in [0.4, 0.5) is 18.9 Å². The molecule has 1 aromatic carbocycles. The molecule has 1 fully saturated rings. The minimum Gasteiger partial charge on any atom is -0.415 e. The molecular formula is C22H23F3N6O. The van der Waals surface area contributed by atoms with Crippen molar-refractivity contribution >= 4 is 5.69 Å². The molecule has 32 heavy (non-hydrogen) atoms. The topological polar surface area (TPSA) is 61.5 Å². The monoisotopic (exact) mass is 444 g/mol. The van der Waals surface area contributed by atoms with Crippen molar-refractivity contribution in [2.45, 2.75) is 13.0 Å². The van der Waals surface area contributed by atoms with Crippen LogP contribution in [0.2, 0.25) is 0 Å². The van der Waals surface area contributed by atoms with Crippen molar-refractivity contribution in [3.8, 4) is 11.5 Å². The lowest BCUT2D eigenvalue weighted by molar-refractivity contribution is 0.116. The fourth-order valence-corrected chi connectivity index (χ4v) is 3.46. The first-order chi connectivity index (χ1) is 15.4. The highest BCUT2D eigenvalue weighted by Crippen LogP contribution is 2.26.